The third kappa shape index (κ3) is 2.96. The molecule has 1 heterocycles. The molecule has 108 valence electrons. The van der Waals surface area contributed by atoms with E-state index in [1.165, 1.54) is 5.56 Å². The fraction of sp³-hybridized carbons (Fsp3) is 0.188. The number of nitrogens with zero attached hydrogens (tertiary/aromatic N) is 2. The molecule has 0 aliphatic carbocycles. The number of hydrogen-bond donors (Lipinski definition) is 0. The molecule has 0 spiro atoms. The second-order valence-corrected chi connectivity index (χ2v) is 6.65. The van der Waals surface area contributed by atoms with Gasteiger partial charge in [-0.15, -0.1) is 11.6 Å². The van der Waals surface area contributed by atoms with Crippen LogP contribution in [0, 0.1) is 6.92 Å². The molecule has 0 amide bonds. The highest BCUT2D eigenvalue weighted by Gasteiger charge is 2.13. The third-order valence-electron chi connectivity index (χ3n) is 3.29. The molecule has 2 aromatic carbocycles. The average molecular weight is 384 g/mol. The van der Waals surface area contributed by atoms with Crippen molar-refractivity contribution in [3.63, 3.8) is 0 Å². The Morgan fingerprint density at radius 1 is 1.19 bits per heavy atom. The van der Waals surface area contributed by atoms with E-state index >= 15 is 0 Å². The van der Waals surface area contributed by atoms with Gasteiger partial charge in [-0.3, -0.25) is 4.57 Å². The van der Waals surface area contributed by atoms with Crippen LogP contribution in [-0.2, 0) is 6.42 Å². The number of aryl methyl sites for hydroxylation is 2. The Morgan fingerprint density at radius 2 is 2.00 bits per heavy atom. The van der Waals surface area contributed by atoms with E-state index in [1.54, 1.807) is 0 Å². The van der Waals surface area contributed by atoms with Crippen LogP contribution in [0.1, 0.15) is 11.4 Å². The lowest BCUT2D eigenvalue weighted by Gasteiger charge is -2.10. The Kier molecular flexibility index (Phi) is 4.25. The minimum Gasteiger partial charge on any atom is -0.296 e. The first-order valence-electron chi connectivity index (χ1n) is 6.59. The zero-order valence-electron chi connectivity index (χ0n) is 11.4. The second-order valence-electron chi connectivity index (χ2n) is 4.92. The number of rotatable bonds is 3. The van der Waals surface area contributed by atoms with Crippen LogP contribution in [-0.4, -0.2) is 15.4 Å². The molecule has 3 rings (SSSR count). The summed E-state index contributed by atoms with van der Waals surface area (Å²) < 4.78 is 3.19. The Bertz CT molecular complexity index is 791. The summed E-state index contributed by atoms with van der Waals surface area (Å²) in [6.45, 7) is 2.07. The number of halogens is 3. The van der Waals surface area contributed by atoms with Gasteiger partial charge in [-0.25, -0.2) is 4.98 Å². The zero-order chi connectivity index (χ0) is 15.0. The molecule has 1 aromatic heterocycles. The molecule has 0 aliphatic rings. The van der Waals surface area contributed by atoms with E-state index in [2.05, 4.69) is 50.6 Å². The topological polar surface area (TPSA) is 17.8 Å². The van der Waals surface area contributed by atoms with Gasteiger partial charge in [0, 0.05) is 27.5 Å². The molecule has 0 N–H and O–H groups in total. The summed E-state index contributed by atoms with van der Waals surface area (Å²) in [6, 6.07) is 12.1. The summed E-state index contributed by atoms with van der Waals surface area (Å²) in [4.78, 5) is 4.68. The van der Waals surface area contributed by atoms with Gasteiger partial charge in [0.1, 0.15) is 5.82 Å². The smallest absolute Gasteiger partial charge is 0.115 e. The summed E-state index contributed by atoms with van der Waals surface area (Å²) in [5, 5.41) is 0.690. The molecule has 0 atom stereocenters. The molecular formula is C16H13BrCl2N2. The van der Waals surface area contributed by atoms with E-state index in [0.29, 0.717) is 17.3 Å². The quantitative estimate of drug-likeness (QED) is 0.543. The van der Waals surface area contributed by atoms with Gasteiger partial charge in [-0.1, -0.05) is 27.5 Å². The van der Waals surface area contributed by atoms with Crippen LogP contribution in [0.15, 0.2) is 40.9 Å². The van der Waals surface area contributed by atoms with Crippen molar-refractivity contribution < 1.29 is 0 Å². The predicted molar refractivity (Wildman–Crippen MR) is 92.9 cm³/mol. The van der Waals surface area contributed by atoms with Crippen LogP contribution >= 0.6 is 39.1 Å². The molecule has 5 heteroatoms. The summed E-state index contributed by atoms with van der Waals surface area (Å²) in [6.07, 6.45) is 0.708. The number of imidazole rings is 1. The van der Waals surface area contributed by atoms with Crippen molar-refractivity contribution in [3.05, 3.63) is 57.3 Å². The van der Waals surface area contributed by atoms with E-state index in [9.17, 15) is 0 Å². The lowest BCUT2D eigenvalue weighted by atomic mass is 10.2. The van der Waals surface area contributed by atoms with Gasteiger partial charge < -0.3 is 0 Å². The molecule has 0 unspecified atom stereocenters. The SMILES string of the molecule is Cc1cc(Br)cc(-n2c(CCCl)nc3cc(Cl)ccc32)c1. The van der Waals surface area contributed by atoms with Crippen LogP contribution in [0.4, 0.5) is 0 Å². The lowest BCUT2D eigenvalue weighted by molar-refractivity contribution is 0.911. The largest absolute Gasteiger partial charge is 0.296 e. The highest BCUT2D eigenvalue weighted by atomic mass is 79.9. The number of benzene rings is 2. The molecule has 0 saturated carbocycles. The maximum atomic E-state index is 6.07. The van der Waals surface area contributed by atoms with Crippen molar-refractivity contribution in [2.24, 2.45) is 0 Å². The summed E-state index contributed by atoms with van der Waals surface area (Å²) in [7, 11) is 0. The highest BCUT2D eigenvalue weighted by molar-refractivity contribution is 9.10. The van der Waals surface area contributed by atoms with Crippen molar-refractivity contribution >= 4 is 50.2 Å². The molecule has 2 nitrogen and oxygen atoms in total. The van der Waals surface area contributed by atoms with E-state index in [4.69, 9.17) is 23.2 Å². The van der Waals surface area contributed by atoms with Gasteiger partial charge in [-0.05, 0) is 48.9 Å². The molecule has 0 bridgehead atoms. The average Bonchev–Trinajstić information content (AvgIpc) is 2.75. The Balaban J connectivity index is 2.30. The number of alkyl halides is 1. The van der Waals surface area contributed by atoms with Crippen molar-refractivity contribution in [1.82, 2.24) is 9.55 Å². The van der Waals surface area contributed by atoms with Crippen molar-refractivity contribution in [1.29, 1.82) is 0 Å². The fourth-order valence-corrected chi connectivity index (χ4v) is 3.42. The van der Waals surface area contributed by atoms with Crippen LogP contribution in [0.25, 0.3) is 16.7 Å². The van der Waals surface area contributed by atoms with Crippen LogP contribution < -0.4 is 0 Å². The Hall–Kier alpha value is -1.03. The Labute approximate surface area is 141 Å². The molecular weight excluding hydrogens is 371 g/mol. The van der Waals surface area contributed by atoms with Crippen LogP contribution in [0.5, 0.6) is 0 Å². The van der Waals surface area contributed by atoms with Crippen LogP contribution in [0.2, 0.25) is 5.02 Å². The molecule has 21 heavy (non-hydrogen) atoms. The maximum absolute atomic E-state index is 6.07. The second kappa shape index (κ2) is 5.99. The van der Waals surface area contributed by atoms with Gasteiger partial charge in [-0.2, -0.15) is 0 Å². The lowest BCUT2D eigenvalue weighted by Crippen LogP contribution is -2.02. The summed E-state index contributed by atoms with van der Waals surface area (Å²) in [5.41, 5.74) is 4.19. The molecule has 0 radical (unpaired) electrons. The first kappa shape index (κ1) is 14.9. The van der Waals surface area contributed by atoms with Crippen molar-refractivity contribution in [2.45, 2.75) is 13.3 Å². The monoisotopic (exact) mass is 382 g/mol. The van der Waals surface area contributed by atoms with Crippen molar-refractivity contribution in [3.8, 4) is 5.69 Å². The number of fused-ring (bicyclic) bond motifs is 1. The molecule has 0 aliphatic heterocycles. The van der Waals surface area contributed by atoms with Crippen molar-refractivity contribution in [2.75, 3.05) is 5.88 Å². The Morgan fingerprint density at radius 3 is 2.71 bits per heavy atom. The van der Waals surface area contributed by atoms with E-state index in [1.807, 2.05) is 18.2 Å². The first-order valence-corrected chi connectivity index (χ1v) is 8.29. The van der Waals surface area contributed by atoms with E-state index < -0.39 is 0 Å². The minimum absolute atomic E-state index is 0.532. The van der Waals surface area contributed by atoms with E-state index in [0.717, 1.165) is 27.0 Å². The predicted octanol–water partition coefficient (Wildman–Crippen LogP) is 5.53. The summed E-state index contributed by atoms with van der Waals surface area (Å²) >= 11 is 15.6. The number of hydrogen-bond acceptors (Lipinski definition) is 1. The molecule has 3 aromatic rings. The molecule has 0 saturated heterocycles. The number of aromatic nitrogens is 2. The standard InChI is InChI=1S/C16H13BrCl2N2/c1-10-6-11(17)8-13(7-10)21-15-3-2-12(19)9-14(15)20-16(21)4-5-18/h2-3,6-9H,4-5H2,1H3. The minimum atomic E-state index is 0.532. The molecule has 0 fully saturated rings. The zero-order valence-corrected chi connectivity index (χ0v) is 14.5. The fourth-order valence-electron chi connectivity index (χ4n) is 2.49. The first-order chi connectivity index (χ1) is 10.1. The normalized spacial score (nSPS) is 11.2. The van der Waals surface area contributed by atoms with Gasteiger partial charge in [0.25, 0.3) is 0 Å². The van der Waals surface area contributed by atoms with Gasteiger partial charge in [0.2, 0.25) is 0 Å². The van der Waals surface area contributed by atoms with Gasteiger partial charge in [0.05, 0.1) is 11.0 Å². The van der Waals surface area contributed by atoms with E-state index in [-0.39, 0.29) is 0 Å². The van der Waals surface area contributed by atoms with Gasteiger partial charge in [0.15, 0.2) is 0 Å². The highest BCUT2D eigenvalue weighted by Crippen LogP contribution is 2.27. The van der Waals surface area contributed by atoms with Gasteiger partial charge >= 0.3 is 0 Å². The third-order valence-corrected chi connectivity index (χ3v) is 4.17. The summed E-state index contributed by atoms with van der Waals surface area (Å²) in [5.74, 6) is 1.48. The van der Waals surface area contributed by atoms with Crippen LogP contribution in [0.3, 0.4) is 0 Å². The maximum Gasteiger partial charge on any atom is 0.115 e.